The second kappa shape index (κ2) is 11.4. The van der Waals surface area contributed by atoms with Crippen LogP contribution in [0.2, 0.25) is 0 Å². The Morgan fingerprint density at radius 2 is 1.59 bits per heavy atom. The van der Waals surface area contributed by atoms with Crippen molar-refractivity contribution in [2.45, 2.75) is 77.2 Å². The van der Waals surface area contributed by atoms with Gasteiger partial charge in [-0.1, -0.05) is 25.7 Å². The highest BCUT2D eigenvalue weighted by Crippen LogP contribution is 2.16. The number of pyridine rings is 1. The van der Waals surface area contributed by atoms with Crippen LogP contribution >= 0.6 is 0 Å². The summed E-state index contributed by atoms with van der Waals surface area (Å²) in [5.41, 5.74) is 1.75. The molecule has 1 aromatic heterocycles. The zero-order valence-corrected chi connectivity index (χ0v) is 13.8. The van der Waals surface area contributed by atoms with E-state index in [4.69, 9.17) is 5.11 Å². The number of aromatic hydroxyl groups is 1. The molecule has 0 saturated carbocycles. The van der Waals surface area contributed by atoms with Gasteiger partial charge in [0.1, 0.15) is 5.75 Å². The summed E-state index contributed by atoms with van der Waals surface area (Å²) in [6.45, 7) is 2.05. The van der Waals surface area contributed by atoms with Gasteiger partial charge in [-0.15, -0.1) is 0 Å². The smallest absolute Gasteiger partial charge is 0.136 e. The minimum atomic E-state index is -0.198. The third-order valence-corrected chi connectivity index (χ3v) is 4.03. The van der Waals surface area contributed by atoms with Crippen LogP contribution in [0.3, 0.4) is 0 Å². The van der Waals surface area contributed by atoms with E-state index in [0.29, 0.717) is 5.69 Å². The van der Waals surface area contributed by atoms with Crippen molar-refractivity contribution in [1.29, 1.82) is 0 Å². The number of aromatic nitrogens is 1. The monoisotopic (exact) mass is 309 g/mol. The predicted octanol–water partition coefficient (Wildman–Crippen LogP) is 3.50. The van der Waals surface area contributed by atoms with Gasteiger partial charge in [0.25, 0.3) is 0 Å². The lowest BCUT2D eigenvalue weighted by Gasteiger charge is -2.09. The minimum absolute atomic E-state index is 0.198. The number of hydrogen-bond donors (Lipinski definition) is 3. The molecular formula is C18H31NO3. The number of nitrogens with zero attached hydrogens (tertiary/aromatic N) is 1. The summed E-state index contributed by atoms with van der Waals surface area (Å²) in [6, 6.07) is 3.61. The Hall–Kier alpha value is -1.13. The van der Waals surface area contributed by atoms with Gasteiger partial charge in [-0.2, -0.15) is 0 Å². The van der Waals surface area contributed by atoms with Gasteiger partial charge >= 0.3 is 0 Å². The fraction of sp³-hybridized carbons (Fsp3) is 0.722. The normalized spacial score (nSPS) is 12.5. The fourth-order valence-electron chi connectivity index (χ4n) is 2.60. The average Bonchev–Trinajstić information content (AvgIpc) is 2.50. The zero-order valence-electron chi connectivity index (χ0n) is 13.8. The molecule has 126 valence electrons. The molecule has 0 aliphatic rings. The molecule has 0 radical (unpaired) electrons. The van der Waals surface area contributed by atoms with Crippen LogP contribution < -0.4 is 0 Å². The molecule has 4 nitrogen and oxygen atoms in total. The standard InChI is InChI=1S/C18H31NO3/c1-15-18(22)13-12-16(19-15)9-5-3-2-4-6-10-17(21)11-7-8-14-20/h12-13,17,20-22H,2-11,14H2,1H3. The highest BCUT2D eigenvalue weighted by molar-refractivity contribution is 5.26. The molecule has 0 fully saturated rings. The summed E-state index contributed by atoms with van der Waals surface area (Å²) in [4.78, 5) is 4.36. The van der Waals surface area contributed by atoms with Crippen LogP contribution in [0.25, 0.3) is 0 Å². The second-order valence-corrected chi connectivity index (χ2v) is 6.09. The summed E-state index contributed by atoms with van der Waals surface area (Å²) in [5, 5.41) is 27.9. The Bertz CT molecular complexity index is 409. The number of aliphatic hydroxyl groups is 2. The van der Waals surface area contributed by atoms with Crippen molar-refractivity contribution in [3.63, 3.8) is 0 Å². The molecule has 1 heterocycles. The predicted molar refractivity (Wildman–Crippen MR) is 89.0 cm³/mol. The van der Waals surface area contributed by atoms with Crippen LogP contribution in [0.15, 0.2) is 12.1 Å². The van der Waals surface area contributed by atoms with Gasteiger partial charge < -0.3 is 15.3 Å². The molecule has 0 amide bonds. The van der Waals surface area contributed by atoms with Crippen LogP contribution in [0.5, 0.6) is 5.75 Å². The van der Waals surface area contributed by atoms with Gasteiger partial charge in [0.15, 0.2) is 0 Å². The van der Waals surface area contributed by atoms with Crippen LogP contribution in [-0.2, 0) is 6.42 Å². The van der Waals surface area contributed by atoms with Crippen molar-refractivity contribution in [3.8, 4) is 5.75 Å². The van der Waals surface area contributed by atoms with E-state index in [0.717, 1.165) is 50.6 Å². The van der Waals surface area contributed by atoms with Gasteiger partial charge in [0.2, 0.25) is 0 Å². The van der Waals surface area contributed by atoms with E-state index in [-0.39, 0.29) is 18.5 Å². The maximum atomic E-state index is 9.77. The van der Waals surface area contributed by atoms with Crippen LogP contribution in [-0.4, -0.2) is 33.0 Å². The largest absolute Gasteiger partial charge is 0.506 e. The molecule has 0 aliphatic carbocycles. The molecule has 3 N–H and O–H groups in total. The van der Waals surface area contributed by atoms with E-state index in [2.05, 4.69) is 4.98 Å². The van der Waals surface area contributed by atoms with Crippen LogP contribution in [0.1, 0.15) is 69.2 Å². The first-order chi connectivity index (χ1) is 10.6. The highest BCUT2D eigenvalue weighted by Gasteiger charge is 2.04. The van der Waals surface area contributed by atoms with Gasteiger partial charge in [-0.3, -0.25) is 4.98 Å². The molecule has 0 aromatic carbocycles. The molecule has 0 bridgehead atoms. The Kier molecular flexibility index (Phi) is 9.84. The Balaban J connectivity index is 1.98. The summed E-state index contributed by atoms with van der Waals surface area (Å²) < 4.78 is 0. The van der Waals surface area contributed by atoms with Gasteiger partial charge in [-0.25, -0.2) is 0 Å². The molecule has 1 aromatic rings. The Labute approximate surface area is 134 Å². The third kappa shape index (κ3) is 8.35. The third-order valence-electron chi connectivity index (χ3n) is 4.03. The molecular weight excluding hydrogens is 278 g/mol. The molecule has 1 unspecified atom stereocenters. The second-order valence-electron chi connectivity index (χ2n) is 6.09. The van der Waals surface area contributed by atoms with E-state index in [9.17, 15) is 10.2 Å². The van der Waals surface area contributed by atoms with Gasteiger partial charge in [-0.05, 0) is 57.6 Å². The first kappa shape index (κ1) is 18.9. The Morgan fingerprint density at radius 1 is 0.955 bits per heavy atom. The molecule has 1 rings (SSSR count). The SMILES string of the molecule is Cc1nc(CCCCCCCC(O)CCCCO)ccc1O. The number of hydrogen-bond acceptors (Lipinski definition) is 4. The Morgan fingerprint density at radius 3 is 2.27 bits per heavy atom. The van der Waals surface area contributed by atoms with Crippen LogP contribution in [0.4, 0.5) is 0 Å². The first-order valence-electron chi connectivity index (χ1n) is 8.58. The van der Waals surface area contributed by atoms with Crippen molar-refractivity contribution in [3.05, 3.63) is 23.5 Å². The highest BCUT2D eigenvalue weighted by atomic mass is 16.3. The van der Waals surface area contributed by atoms with Crippen molar-refractivity contribution >= 4 is 0 Å². The summed E-state index contributed by atoms with van der Waals surface area (Å²) in [6.07, 6.45) is 9.91. The van der Waals surface area contributed by atoms with E-state index in [1.54, 1.807) is 6.07 Å². The molecule has 0 spiro atoms. The van der Waals surface area contributed by atoms with E-state index in [1.165, 1.54) is 19.3 Å². The maximum Gasteiger partial charge on any atom is 0.136 e. The van der Waals surface area contributed by atoms with Crippen molar-refractivity contribution in [1.82, 2.24) is 4.98 Å². The lowest BCUT2D eigenvalue weighted by atomic mass is 10.0. The number of aliphatic hydroxyl groups excluding tert-OH is 2. The van der Waals surface area contributed by atoms with Crippen molar-refractivity contribution < 1.29 is 15.3 Å². The van der Waals surface area contributed by atoms with E-state index < -0.39 is 0 Å². The molecule has 4 heteroatoms. The number of unbranched alkanes of at least 4 members (excludes halogenated alkanes) is 5. The van der Waals surface area contributed by atoms with Gasteiger partial charge in [0.05, 0.1) is 11.8 Å². The number of aryl methyl sites for hydroxylation is 2. The minimum Gasteiger partial charge on any atom is -0.506 e. The molecule has 0 saturated heterocycles. The quantitative estimate of drug-likeness (QED) is 0.517. The maximum absolute atomic E-state index is 9.77. The summed E-state index contributed by atoms with van der Waals surface area (Å²) >= 11 is 0. The average molecular weight is 309 g/mol. The van der Waals surface area contributed by atoms with Crippen LogP contribution in [0, 0.1) is 6.92 Å². The van der Waals surface area contributed by atoms with E-state index in [1.807, 2.05) is 13.0 Å². The summed E-state index contributed by atoms with van der Waals surface area (Å²) in [5.74, 6) is 0.265. The lowest BCUT2D eigenvalue weighted by Crippen LogP contribution is -2.06. The zero-order chi connectivity index (χ0) is 16.2. The summed E-state index contributed by atoms with van der Waals surface area (Å²) in [7, 11) is 0. The lowest BCUT2D eigenvalue weighted by molar-refractivity contribution is 0.144. The molecule has 22 heavy (non-hydrogen) atoms. The topological polar surface area (TPSA) is 73.6 Å². The van der Waals surface area contributed by atoms with Crippen molar-refractivity contribution in [2.24, 2.45) is 0 Å². The first-order valence-corrected chi connectivity index (χ1v) is 8.58. The van der Waals surface area contributed by atoms with Crippen molar-refractivity contribution in [2.75, 3.05) is 6.61 Å². The molecule has 0 aliphatic heterocycles. The van der Waals surface area contributed by atoms with E-state index >= 15 is 0 Å². The molecule has 1 atom stereocenters. The number of rotatable bonds is 12. The van der Waals surface area contributed by atoms with Gasteiger partial charge in [0, 0.05) is 12.3 Å². The fourth-order valence-corrected chi connectivity index (χ4v) is 2.60.